The first kappa shape index (κ1) is 12.5. The van der Waals surface area contributed by atoms with E-state index in [9.17, 15) is 4.39 Å². The van der Waals surface area contributed by atoms with Gasteiger partial charge in [0.2, 0.25) is 0 Å². The van der Waals surface area contributed by atoms with Crippen molar-refractivity contribution in [1.82, 2.24) is 5.32 Å². The highest BCUT2D eigenvalue weighted by Gasteiger charge is 2.37. The number of hydrogen-bond acceptors (Lipinski definition) is 2. The lowest BCUT2D eigenvalue weighted by Gasteiger charge is -2.27. The van der Waals surface area contributed by atoms with Crippen LogP contribution in [-0.4, -0.2) is 19.8 Å². The van der Waals surface area contributed by atoms with Crippen molar-refractivity contribution in [3.05, 3.63) is 35.6 Å². The third kappa shape index (κ3) is 3.05. The summed E-state index contributed by atoms with van der Waals surface area (Å²) >= 11 is 0. The third-order valence-corrected chi connectivity index (χ3v) is 3.32. The molecular weight excluding hydrogens is 217 g/mol. The Morgan fingerprint density at radius 3 is 2.76 bits per heavy atom. The summed E-state index contributed by atoms with van der Waals surface area (Å²) in [5.41, 5.74) is 0.977. The molecule has 1 aromatic rings. The molecule has 0 heterocycles. The number of likely N-dealkylation sites (N-methyl/N-ethyl adjacent to an activating group) is 1. The fourth-order valence-corrected chi connectivity index (χ4v) is 2.37. The standard InChI is InChI=1S/C14H20FNO/c1-3-16-13(14(17-2)10-7-8-10)11-5-4-6-12(15)9-11/h4-6,9-10,13-14,16H,3,7-8H2,1-2H3. The molecule has 2 nitrogen and oxygen atoms in total. The second-order valence-corrected chi connectivity index (χ2v) is 4.63. The third-order valence-electron chi connectivity index (χ3n) is 3.32. The van der Waals surface area contributed by atoms with Gasteiger partial charge < -0.3 is 10.1 Å². The molecule has 1 aromatic carbocycles. The summed E-state index contributed by atoms with van der Waals surface area (Å²) in [6, 6.07) is 6.89. The van der Waals surface area contributed by atoms with Gasteiger partial charge in [0.25, 0.3) is 0 Å². The molecule has 94 valence electrons. The monoisotopic (exact) mass is 237 g/mol. The minimum absolute atomic E-state index is 0.0909. The molecule has 1 saturated carbocycles. The Labute approximate surface area is 102 Å². The number of ether oxygens (including phenoxy) is 1. The Morgan fingerprint density at radius 2 is 2.24 bits per heavy atom. The van der Waals surface area contributed by atoms with Crippen LogP contribution in [0.5, 0.6) is 0 Å². The number of halogens is 1. The van der Waals surface area contributed by atoms with Crippen LogP contribution in [0.2, 0.25) is 0 Å². The summed E-state index contributed by atoms with van der Waals surface area (Å²) in [5, 5.41) is 3.41. The van der Waals surface area contributed by atoms with Crippen LogP contribution in [0.4, 0.5) is 4.39 Å². The highest BCUT2D eigenvalue weighted by atomic mass is 19.1. The van der Waals surface area contributed by atoms with Crippen molar-refractivity contribution in [2.45, 2.75) is 31.9 Å². The average Bonchev–Trinajstić information content (AvgIpc) is 3.13. The van der Waals surface area contributed by atoms with E-state index in [0.717, 1.165) is 12.1 Å². The molecular formula is C14H20FNO. The summed E-state index contributed by atoms with van der Waals surface area (Å²) in [4.78, 5) is 0. The topological polar surface area (TPSA) is 21.3 Å². The van der Waals surface area contributed by atoms with Crippen molar-refractivity contribution in [3.63, 3.8) is 0 Å². The minimum Gasteiger partial charge on any atom is -0.379 e. The largest absolute Gasteiger partial charge is 0.379 e. The van der Waals surface area contributed by atoms with Crippen molar-refractivity contribution in [2.75, 3.05) is 13.7 Å². The lowest BCUT2D eigenvalue weighted by atomic mass is 9.98. The van der Waals surface area contributed by atoms with Crippen LogP contribution in [-0.2, 0) is 4.74 Å². The van der Waals surface area contributed by atoms with Crippen LogP contribution in [0.15, 0.2) is 24.3 Å². The summed E-state index contributed by atoms with van der Waals surface area (Å²) in [6.07, 6.45) is 2.59. The van der Waals surface area contributed by atoms with E-state index in [1.807, 2.05) is 6.07 Å². The van der Waals surface area contributed by atoms with Crippen LogP contribution in [0, 0.1) is 11.7 Å². The second-order valence-electron chi connectivity index (χ2n) is 4.63. The maximum atomic E-state index is 13.3. The lowest BCUT2D eigenvalue weighted by molar-refractivity contribution is 0.0511. The van der Waals surface area contributed by atoms with Crippen molar-refractivity contribution < 1.29 is 9.13 Å². The Morgan fingerprint density at radius 1 is 1.47 bits per heavy atom. The number of hydrogen-bond donors (Lipinski definition) is 1. The predicted molar refractivity (Wildman–Crippen MR) is 66.3 cm³/mol. The Balaban J connectivity index is 2.20. The summed E-state index contributed by atoms with van der Waals surface area (Å²) in [5.74, 6) is 0.434. The zero-order valence-electron chi connectivity index (χ0n) is 10.4. The minimum atomic E-state index is -0.184. The fraction of sp³-hybridized carbons (Fsp3) is 0.571. The predicted octanol–water partition coefficient (Wildman–Crippen LogP) is 2.90. The van der Waals surface area contributed by atoms with Gasteiger partial charge in [0.15, 0.2) is 0 Å². The Hall–Kier alpha value is -0.930. The van der Waals surface area contributed by atoms with Gasteiger partial charge in [-0.15, -0.1) is 0 Å². The number of nitrogens with one attached hydrogen (secondary N) is 1. The smallest absolute Gasteiger partial charge is 0.123 e. The van der Waals surface area contributed by atoms with Crippen molar-refractivity contribution in [2.24, 2.45) is 5.92 Å². The van der Waals surface area contributed by atoms with Gasteiger partial charge in [0, 0.05) is 7.11 Å². The Kier molecular flexibility index (Phi) is 4.13. The molecule has 2 atom stereocenters. The molecule has 1 aliphatic rings. The van der Waals surface area contributed by atoms with Crippen molar-refractivity contribution in [1.29, 1.82) is 0 Å². The molecule has 2 rings (SSSR count). The van der Waals surface area contributed by atoms with E-state index >= 15 is 0 Å². The van der Waals surface area contributed by atoms with E-state index in [-0.39, 0.29) is 18.0 Å². The van der Waals surface area contributed by atoms with E-state index in [2.05, 4.69) is 12.2 Å². The number of rotatable bonds is 6. The Bertz CT molecular complexity index is 365. The normalized spacial score (nSPS) is 19.0. The summed E-state index contributed by atoms with van der Waals surface area (Å²) in [7, 11) is 1.74. The molecule has 0 aliphatic heterocycles. The SMILES string of the molecule is CCNC(c1cccc(F)c1)C(OC)C1CC1. The fourth-order valence-electron chi connectivity index (χ4n) is 2.37. The van der Waals surface area contributed by atoms with Crippen LogP contribution in [0.1, 0.15) is 31.4 Å². The first-order valence-electron chi connectivity index (χ1n) is 6.28. The average molecular weight is 237 g/mol. The van der Waals surface area contributed by atoms with Gasteiger partial charge >= 0.3 is 0 Å². The first-order valence-corrected chi connectivity index (χ1v) is 6.28. The van der Waals surface area contributed by atoms with E-state index in [4.69, 9.17) is 4.74 Å². The molecule has 1 aliphatic carbocycles. The molecule has 0 radical (unpaired) electrons. The van der Waals surface area contributed by atoms with E-state index in [1.54, 1.807) is 19.2 Å². The highest BCUT2D eigenvalue weighted by Crippen LogP contribution is 2.39. The maximum absolute atomic E-state index is 13.3. The summed E-state index contributed by atoms with van der Waals surface area (Å²) in [6.45, 7) is 2.92. The van der Waals surface area contributed by atoms with E-state index < -0.39 is 0 Å². The molecule has 0 saturated heterocycles. The first-order chi connectivity index (χ1) is 8.26. The molecule has 0 amide bonds. The van der Waals surface area contributed by atoms with Crippen LogP contribution in [0.25, 0.3) is 0 Å². The van der Waals surface area contributed by atoms with Gasteiger partial charge in [-0.05, 0) is 43.0 Å². The van der Waals surface area contributed by atoms with Crippen LogP contribution in [0.3, 0.4) is 0 Å². The zero-order valence-corrected chi connectivity index (χ0v) is 10.4. The van der Waals surface area contributed by atoms with Crippen LogP contribution < -0.4 is 5.32 Å². The lowest BCUT2D eigenvalue weighted by Crippen LogP contribution is -2.34. The van der Waals surface area contributed by atoms with E-state index in [1.165, 1.54) is 18.9 Å². The molecule has 0 bridgehead atoms. The van der Waals surface area contributed by atoms with Crippen molar-refractivity contribution in [3.8, 4) is 0 Å². The van der Waals surface area contributed by atoms with Gasteiger partial charge in [0.05, 0.1) is 12.1 Å². The van der Waals surface area contributed by atoms with Gasteiger partial charge in [0.1, 0.15) is 5.82 Å². The quantitative estimate of drug-likeness (QED) is 0.821. The molecule has 2 unspecified atom stereocenters. The maximum Gasteiger partial charge on any atom is 0.123 e. The number of methoxy groups -OCH3 is 1. The molecule has 1 N–H and O–H groups in total. The van der Waals surface area contributed by atoms with Gasteiger partial charge in [-0.25, -0.2) is 4.39 Å². The molecule has 3 heteroatoms. The van der Waals surface area contributed by atoms with E-state index in [0.29, 0.717) is 5.92 Å². The van der Waals surface area contributed by atoms with Gasteiger partial charge in [-0.1, -0.05) is 19.1 Å². The molecule has 0 aromatic heterocycles. The zero-order chi connectivity index (χ0) is 12.3. The summed E-state index contributed by atoms with van der Waals surface area (Å²) < 4.78 is 18.9. The van der Waals surface area contributed by atoms with Gasteiger partial charge in [-0.3, -0.25) is 0 Å². The number of benzene rings is 1. The van der Waals surface area contributed by atoms with Crippen molar-refractivity contribution >= 4 is 0 Å². The van der Waals surface area contributed by atoms with Crippen LogP contribution >= 0.6 is 0 Å². The second kappa shape index (κ2) is 5.61. The molecule has 1 fully saturated rings. The molecule has 0 spiro atoms. The highest BCUT2D eigenvalue weighted by molar-refractivity contribution is 5.22. The molecule has 17 heavy (non-hydrogen) atoms. The van der Waals surface area contributed by atoms with Gasteiger partial charge in [-0.2, -0.15) is 0 Å².